The Balaban J connectivity index is 1.13. The Morgan fingerprint density at radius 1 is 0.314 bits per heavy atom. The van der Waals surface area contributed by atoms with Crippen molar-refractivity contribution in [1.82, 2.24) is 9.13 Å². The van der Waals surface area contributed by atoms with Crippen LogP contribution in [0.5, 0.6) is 0 Å². The van der Waals surface area contributed by atoms with Crippen LogP contribution in [0.25, 0.3) is 99.2 Å². The third kappa shape index (κ3) is 4.19. The van der Waals surface area contributed by atoms with E-state index in [4.69, 9.17) is 4.42 Å². The van der Waals surface area contributed by atoms with Gasteiger partial charge in [0.1, 0.15) is 11.2 Å². The summed E-state index contributed by atoms with van der Waals surface area (Å²) < 4.78 is 11.2. The predicted octanol–water partition coefficient (Wildman–Crippen LogP) is 13.1. The van der Waals surface area contributed by atoms with Crippen LogP contribution in [0.3, 0.4) is 0 Å². The molecular formula is C48H30N2O. The number of hydrogen-bond donors (Lipinski definition) is 0. The standard InChI is InChI=1S/C48H30N2O/c1-2-12-34(13-3-1)49-43-19-9-5-15-36(43)38-25-22-31(28-45(38)49)32-23-26-39-37-16-6-10-20-44(37)50(46(39)29-32)42-18-8-4-14-35(42)33-24-27-41-40-17-7-11-21-47(40)51-48(41)30-33/h1-30H. The van der Waals surface area contributed by atoms with Crippen molar-refractivity contribution < 1.29 is 4.42 Å². The second-order valence-electron chi connectivity index (χ2n) is 13.3. The molecule has 51 heavy (non-hydrogen) atoms. The van der Waals surface area contributed by atoms with E-state index in [0.29, 0.717) is 0 Å². The van der Waals surface area contributed by atoms with Crippen LogP contribution >= 0.6 is 0 Å². The second-order valence-corrected chi connectivity index (χ2v) is 13.3. The molecule has 0 spiro atoms. The number of nitrogens with zero attached hydrogens (tertiary/aromatic N) is 2. The molecule has 0 aliphatic carbocycles. The number of rotatable bonds is 4. The molecule has 0 unspecified atom stereocenters. The lowest BCUT2D eigenvalue weighted by Crippen LogP contribution is -1.97. The fourth-order valence-electron chi connectivity index (χ4n) is 8.22. The molecule has 3 aromatic heterocycles. The first-order chi connectivity index (χ1) is 25.3. The summed E-state index contributed by atoms with van der Waals surface area (Å²) in [7, 11) is 0. The first-order valence-electron chi connectivity index (χ1n) is 17.4. The van der Waals surface area contributed by atoms with Gasteiger partial charge in [-0.2, -0.15) is 0 Å². The van der Waals surface area contributed by atoms with Gasteiger partial charge >= 0.3 is 0 Å². The molecule has 11 rings (SSSR count). The summed E-state index contributed by atoms with van der Waals surface area (Å²) in [6.45, 7) is 0. The van der Waals surface area contributed by atoms with E-state index in [1.165, 1.54) is 54.7 Å². The van der Waals surface area contributed by atoms with E-state index in [1.54, 1.807) is 0 Å². The molecule has 238 valence electrons. The molecule has 0 aliphatic heterocycles. The minimum Gasteiger partial charge on any atom is -0.456 e. The zero-order valence-electron chi connectivity index (χ0n) is 27.6. The number of fused-ring (bicyclic) bond motifs is 9. The number of para-hydroxylation sites is 5. The van der Waals surface area contributed by atoms with Gasteiger partial charge in [-0.15, -0.1) is 0 Å². The van der Waals surface area contributed by atoms with E-state index < -0.39 is 0 Å². The van der Waals surface area contributed by atoms with Crippen LogP contribution in [0.15, 0.2) is 186 Å². The summed E-state index contributed by atoms with van der Waals surface area (Å²) in [5.41, 5.74) is 13.5. The largest absolute Gasteiger partial charge is 0.456 e. The summed E-state index contributed by atoms with van der Waals surface area (Å²) in [6.07, 6.45) is 0. The maximum Gasteiger partial charge on any atom is 0.136 e. The Morgan fingerprint density at radius 2 is 0.824 bits per heavy atom. The summed E-state index contributed by atoms with van der Waals surface area (Å²) in [5, 5.41) is 7.26. The zero-order chi connectivity index (χ0) is 33.5. The molecule has 0 amide bonds. The van der Waals surface area contributed by atoms with Gasteiger partial charge in [0.05, 0.1) is 27.8 Å². The van der Waals surface area contributed by atoms with Crippen LogP contribution in [0, 0.1) is 0 Å². The van der Waals surface area contributed by atoms with Gasteiger partial charge < -0.3 is 13.6 Å². The van der Waals surface area contributed by atoms with E-state index in [-0.39, 0.29) is 0 Å². The van der Waals surface area contributed by atoms with Crippen LogP contribution in [0.1, 0.15) is 0 Å². The molecule has 3 heteroatoms. The Morgan fingerprint density at radius 3 is 1.57 bits per heavy atom. The monoisotopic (exact) mass is 650 g/mol. The third-order valence-corrected chi connectivity index (χ3v) is 10.5. The van der Waals surface area contributed by atoms with Gasteiger partial charge in [-0.25, -0.2) is 0 Å². The highest BCUT2D eigenvalue weighted by molar-refractivity contribution is 6.13. The average Bonchev–Trinajstić information content (AvgIpc) is 3.85. The van der Waals surface area contributed by atoms with E-state index >= 15 is 0 Å². The number of hydrogen-bond acceptors (Lipinski definition) is 1. The molecule has 0 saturated heterocycles. The predicted molar refractivity (Wildman–Crippen MR) is 213 cm³/mol. The van der Waals surface area contributed by atoms with Crippen molar-refractivity contribution in [2.75, 3.05) is 0 Å². The van der Waals surface area contributed by atoms with Gasteiger partial charge in [0.15, 0.2) is 0 Å². The number of aromatic nitrogens is 2. The quantitative estimate of drug-likeness (QED) is 0.186. The molecule has 11 aromatic rings. The van der Waals surface area contributed by atoms with Crippen molar-refractivity contribution in [3.63, 3.8) is 0 Å². The Bertz CT molecular complexity index is 3140. The number of furan rings is 1. The molecule has 0 radical (unpaired) electrons. The van der Waals surface area contributed by atoms with Crippen LogP contribution in [0.4, 0.5) is 0 Å². The molecule has 3 nitrogen and oxygen atoms in total. The van der Waals surface area contributed by atoms with Gasteiger partial charge in [-0.05, 0) is 77.4 Å². The molecule has 0 aliphatic rings. The van der Waals surface area contributed by atoms with Crippen molar-refractivity contribution in [3.8, 4) is 33.6 Å². The molecule has 0 atom stereocenters. The van der Waals surface area contributed by atoms with E-state index in [9.17, 15) is 0 Å². The normalized spacial score (nSPS) is 11.9. The van der Waals surface area contributed by atoms with Gasteiger partial charge in [0.2, 0.25) is 0 Å². The van der Waals surface area contributed by atoms with Gasteiger partial charge in [0, 0.05) is 43.6 Å². The number of benzene rings is 8. The SMILES string of the molecule is c1ccc(-n2c3ccccc3c3ccc(-c4ccc5c6ccccc6n(-c6ccccc6-c6ccc7c(c6)oc6ccccc67)c5c4)cc32)cc1. The van der Waals surface area contributed by atoms with Gasteiger partial charge in [-0.1, -0.05) is 121 Å². The van der Waals surface area contributed by atoms with E-state index in [2.05, 4.69) is 179 Å². The average molecular weight is 651 g/mol. The Hall–Kier alpha value is -6.84. The fraction of sp³-hybridized carbons (Fsp3) is 0. The van der Waals surface area contributed by atoms with Crippen molar-refractivity contribution in [2.45, 2.75) is 0 Å². The van der Waals surface area contributed by atoms with Crippen molar-refractivity contribution >= 4 is 65.6 Å². The van der Waals surface area contributed by atoms with Crippen LogP contribution < -0.4 is 0 Å². The Kier molecular flexibility index (Phi) is 5.96. The summed E-state index contributed by atoms with van der Waals surface area (Å²) >= 11 is 0. The topological polar surface area (TPSA) is 23.0 Å². The van der Waals surface area contributed by atoms with Crippen molar-refractivity contribution in [1.29, 1.82) is 0 Å². The maximum atomic E-state index is 6.33. The highest BCUT2D eigenvalue weighted by Crippen LogP contribution is 2.40. The minimum absolute atomic E-state index is 0.899. The van der Waals surface area contributed by atoms with Crippen LogP contribution in [-0.2, 0) is 0 Å². The highest BCUT2D eigenvalue weighted by atomic mass is 16.3. The smallest absolute Gasteiger partial charge is 0.136 e. The van der Waals surface area contributed by atoms with Gasteiger partial charge in [0.25, 0.3) is 0 Å². The molecule has 8 aromatic carbocycles. The lowest BCUT2D eigenvalue weighted by Gasteiger charge is -2.14. The molecular weight excluding hydrogens is 621 g/mol. The zero-order valence-corrected chi connectivity index (χ0v) is 27.6. The third-order valence-electron chi connectivity index (χ3n) is 10.5. The summed E-state index contributed by atoms with van der Waals surface area (Å²) in [4.78, 5) is 0. The van der Waals surface area contributed by atoms with E-state index in [0.717, 1.165) is 44.4 Å². The van der Waals surface area contributed by atoms with Crippen LogP contribution in [0.2, 0.25) is 0 Å². The molecule has 0 bridgehead atoms. The van der Waals surface area contributed by atoms with E-state index in [1.807, 2.05) is 12.1 Å². The lowest BCUT2D eigenvalue weighted by atomic mass is 10.0. The highest BCUT2D eigenvalue weighted by Gasteiger charge is 2.18. The maximum absolute atomic E-state index is 6.33. The summed E-state index contributed by atoms with van der Waals surface area (Å²) in [5.74, 6) is 0. The van der Waals surface area contributed by atoms with Crippen molar-refractivity contribution in [3.05, 3.63) is 182 Å². The van der Waals surface area contributed by atoms with Crippen LogP contribution in [-0.4, -0.2) is 9.13 Å². The molecule has 0 fully saturated rings. The molecule has 0 N–H and O–H groups in total. The minimum atomic E-state index is 0.899. The summed E-state index contributed by atoms with van der Waals surface area (Å²) in [6, 6.07) is 65.6. The van der Waals surface area contributed by atoms with Crippen molar-refractivity contribution in [2.24, 2.45) is 0 Å². The molecule has 0 saturated carbocycles. The molecule has 3 heterocycles. The Labute approximate surface area is 293 Å². The first-order valence-corrected chi connectivity index (χ1v) is 17.4. The van der Waals surface area contributed by atoms with Gasteiger partial charge in [-0.3, -0.25) is 0 Å². The fourth-order valence-corrected chi connectivity index (χ4v) is 8.22. The second kappa shape index (κ2) is 10.8. The first kappa shape index (κ1) is 28.0. The lowest BCUT2D eigenvalue weighted by molar-refractivity contribution is 0.669.